The molecule has 1 aromatic carbocycles. The van der Waals surface area contributed by atoms with E-state index in [4.69, 9.17) is 0 Å². The van der Waals surface area contributed by atoms with Crippen LogP contribution in [-0.4, -0.2) is 48.5 Å². The molecule has 0 atom stereocenters. The summed E-state index contributed by atoms with van der Waals surface area (Å²) in [5.74, 6) is 0.640. The van der Waals surface area contributed by atoms with Gasteiger partial charge in [-0.05, 0) is 18.2 Å². The molecule has 3 aromatic heterocycles. The second kappa shape index (κ2) is 6.68. The molecule has 1 N–H and O–H groups in total. The maximum atomic E-state index is 13.1. The first-order valence-corrected chi connectivity index (χ1v) is 9.20. The zero-order valence-electron chi connectivity index (χ0n) is 15.5. The highest BCUT2D eigenvalue weighted by Gasteiger charge is 2.35. The Morgan fingerprint density at radius 1 is 1.13 bits per heavy atom. The zero-order chi connectivity index (χ0) is 20.9. The van der Waals surface area contributed by atoms with Crippen LogP contribution in [-0.2, 0) is 6.18 Å². The number of benzene rings is 1. The van der Waals surface area contributed by atoms with Crippen molar-refractivity contribution in [3.8, 4) is 11.3 Å². The van der Waals surface area contributed by atoms with E-state index in [9.17, 15) is 18.0 Å². The summed E-state index contributed by atoms with van der Waals surface area (Å²) in [4.78, 5) is 22.8. The number of carbonyl (C=O) groups excluding carboxylic acids is 1. The van der Waals surface area contributed by atoms with E-state index in [0.29, 0.717) is 35.6 Å². The van der Waals surface area contributed by atoms with E-state index >= 15 is 0 Å². The van der Waals surface area contributed by atoms with E-state index in [-0.39, 0.29) is 11.8 Å². The molecule has 0 spiro atoms. The van der Waals surface area contributed by atoms with Crippen LogP contribution >= 0.6 is 0 Å². The number of fused-ring (bicyclic) bond motifs is 1. The first-order chi connectivity index (χ1) is 14.4. The fourth-order valence-electron chi connectivity index (χ4n) is 3.67. The fraction of sp³-hybridized carbons (Fsp3) is 0.200. The molecule has 4 aromatic rings. The van der Waals surface area contributed by atoms with Crippen LogP contribution in [0.25, 0.3) is 16.8 Å². The van der Waals surface area contributed by atoms with Crippen molar-refractivity contribution in [1.82, 2.24) is 29.5 Å². The number of H-pyrrole nitrogens is 1. The number of hydrogen-bond acceptors (Lipinski definition) is 4. The first kappa shape index (κ1) is 18.3. The molecule has 1 fully saturated rings. The van der Waals surface area contributed by atoms with Crippen molar-refractivity contribution >= 4 is 11.4 Å². The van der Waals surface area contributed by atoms with Gasteiger partial charge < -0.3 is 4.90 Å². The maximum absolute atomic E-state index is 13.1. The Morgan fingerprint density at radius 3 is 2.70 bits per heavy atom. The van der Waals surface area contributed by atoms with E-state index in [2.05, 4.69) is 20.2 Å². The number of aromatic nitrogens is 5. The lowest BCUT2D eigenvalue weighted by atomic mass is 9.98. The smallest absolute Gasteiger partial charge is 0.336 e. The number of likely N-dealkylation sites (tertiary alicyclic amines) is 1. The van der Waals surface area contributed by atoms with Gasteiger partial charge in [-0.3, -0.25) is 19.3 Å². The number of aromatic amines is 1. The van der Waals surface area contributed by atoms with Crippen molar-refractivity contribution in [1.29, 1.82) is 0 Å². The predicted molar refractivity (Wildman–Crippen MR) is 101 cm³/mol. The summed E-state index contributed by atoms with van der Waals surface area (Å²) in [5.41, 5.74) is 1.11. The first-order valence-electron chi connectivity index (χ1n) is 9.20. The lowest BCUT2D eigenvalue weighted by molar-refractivity contribution is -0.137. The number of rotatable bonds is 3. The average molecular weight is 412 g/mol. The summed E-state index contributed by atoms with van der Waals surface area (Å²) in [6.07, 6.45) is 1.98. The highest BCUT2D eigenvalue weighted by molar-refractivity contribution is 5.92. The summed E-state index contributed by atoms with van der Waals surface area (Å²) in [5, 5.41) is 6.44. The number of amides is 1. The molecule has 1 amide bonds. The van der Waals surface area contributed by atoms with Gasteiger partial charge in [0.15, 0.2) is 0 Å². The third kappa shape index (κ3) is 3.00. The molecule has 1 saturated heterocycles. The molecular weight excluding hydrogens is 397 g/mol. The molecule has 1 aliphatic rings. The van der Waals surface area contributed by atoms with E-state index in [1.807, 2.05) is 4.40 Å². The third-order valence-corrected chi connectivity index (χ3v) is 5.22. The largest absolute Gasteiger partial charge is 0.416 e. The summed E-state index contributed by atoms with van der Waals surface area (Å²) in [6.45, 7) is 0.996. The Labute approximate surface area is 168 Å². The predicted octanol–water partition coefficient (Wildman–Crippen LogP) is 3.38. The van der Waals surface area contributed by atoms with E-state index in [0.717, 1.165) is 18.0 Å². The van der Waals surface area contributed by atoms with Gasteiger partial charge in [0.05, 0.1) is 28.9 Å². The van der Waals surface area contributed by atoms with Crippen LogP contribution in [0.15, 0.2) is 55.1 Å². The van der Waals surface area contributed by atoms with Gasteiger partial charge in [0.2, 0.25) is 0 Å². The Kier molecular flexibility index (Phi) is 4.09. The molecule has 0 unspecified atom stereocenters. The van der Waals surface area contributed by atoms with Crippen LogP contribution in [0, 0.1) is 0 Å². The number of alkyl halides is 3. The van der Waals surface area contributed by atoms with E-state index < -0.39 is 11.7 Å². The van der Waals surface area contributed by atoms with Crippen LogP contribution in [0.4, 0.5) is 13.2 Å². The Bertz CT molecular complexity index is 1230. The van der Waals surface area contributed by atoms with Gasteiger partial charge in [-0.1, -0.05) is 12.1 Å². The third-order valence-electron chi connectivity index (χ3n) is 5.22. The highest BCUT2D eigenvalue weighted by Crippen LogP contribution is 2.34. The second-order valence-electron chi connectivity index (χ2n) is 7.10. The molecule has 0 bridgehead atoms. The molecule has 4 heterocycles. The number of imidazole rings is 1. The van der Waals surface area contributed by atoms with Crippen LogP contribution in [0.5, 0.6) is 0 Å². The average Bonchev–Trinajstić information content (AvgIpc) is 3.36. The minimum absolute atomic E-state index is 0.0242. The van der Waals surface area contributed by atoms with E-state index in [1.54, 1.807) is 35.6 Å². The van der Waals surface area contributed by atoms with Gasteiger partial charge in [-0.15, -0.1) is 0 Å². The summed E-state index contributed by atoms with van der Waals surface area (Å²) >= 11 is 0. The zero-order valence-corrected chi connectivity index (χ0v) is 15.5. The van der Waals surface area contributed by atoms with Crippen molar-refractivity contribution in [3.63, 3.8) is 0 Å². The van der Waals surface area contributed by atoms with Gasteiger partial charge in [-0.2, -0.15) is 18.3 Å². The van der Waals surface area contributed by atoms with Crippen molar-refractivity contribution in [3.05, 3.63) is 72.2 Å². The van der Waals surface area contributed by atoms with Crippen molar-refractivity contribution in [2.24, 2.45) is 0 Å². The molecule has 30 heavy (non-hydrogen) atoms. The number of nitrogens with one attached hydrogen (secondary N) is 1. The molecule has 10 heteroatoms. The number of halogens is 3. The van der Waals surface area contributed by atoms with Crippen LogP contribution < -0.4 is 0 Å². The Morgan fingerprint density at radius 2 is 1.97 bits per heavy atom. The molecule has 7 nitrogen and oxygen atoms in total. The molecule has 152 valence electrons. The molecular formula is C20H15F3N6O. The van der Waals surface area contributed by atoms with Crippen molar-refractivity contribution < 1.29 is 18.0 Å². The number of hydrogen-bond donors (Lipinski definition) is 1. The SMILES string of the molecule is O=C(c1ccn[nH]1)N1CC(c2ncc3c(-c4cccc(C(F)(F)F)c4)nccn23)C1. The molecule has 1 aliphatic heterocycles. The van der Waals surface area contributed by atoms with Gasteiger partial charge in [0.25, 0.3) is 5.91 Å². The molecule has 5 rings (SSSR count). The van der Waals surface area contributed by atoms with Crippen LogP contribution in [0.3, 0.4) is 0 Å². The quantitative estimate of drug-likeness (QED) is 0.560. The monoisotopic (exact) mass is 412 g/mol. The summed E-state index contributed by atoms with van der Waals surface area (Å²) < 4.78 is 41.1. The van der Waals surface area contributed by atoms with E-state index in [1.165, 1.54) is 12.3 Å². The standard InChI is InChI=1S/C20H15F3N6O/c21-20(22,23)14-3-1-2-12(8-14)17-16-9-25-18(29(16)7-6-24-17)13-10-28(11-13)19(30)15-4-5-26-27-15/h1-9,13H,10-11H2,(H,26,27). The maximum Gasteiger partial charge on any atom is 0.416 e. The normalized spacial score (nSPS) is 14.8. The summed E-state index contributed by atoms with van der Waals surface area (Å²) in [7, 11) is 0. The number of carbonyl (C=O) groups is 1. The minimum Gasteiger partial charge on any atom is -0.336 e. The Hall–Kier alpha value is -3.69. The lowest BCUT2D eigenvalue weighted by Gasteiger charge is -2.38. The molecule has 0 aliphatic carbocycles. The van der Waals surface area contributed by atoms with Crippen LogP contribution in [0.1, 0.15) is 27.8 Å². The molecule has 0 saturated carbocycles. The number of nitrogens with zero attached hydrogens (tertiary/aromatic N) is 5. The molecule has 0 radical (unpaired) electrons. The topological polar surface area (TPSA) is 79.2 Å². The Balaban J connectivity index is 1.43. The van der Waals surface area contributed by atoms with Gasteiger partial charge in [0, 0.05) is 37.2 Å². The van der Waals surface area contributed by atoms with Gasteiger partial charge in [-0.25, -0.2) is 4.98 Å². The lowest BCUT2D eigenvalue weighted by Crippen LogP contribution is -2.49. The summed E-state index contributed by atoms with van der Waals surface area (Å²) in [6, 6.07) is 6.70. The van der Waals surface area contributed by atoms with Gasteiger partial charge >= 0.3 is 6.18 Å². The van der Waals surface area contributed by atoms with Crippen molar-refractivity contribution in [2.45, 2.75) is 12.1 Å². The fourth-order valence-corrected chi connectivity index (χ4v) is 3.67. The second-order valence-corrected chi connectivity index (χ2v) is 7.10. The van der Waals surface area contributed by atoms with Gasteiger partial charge in [0.1, 0.15) is 11.5 Å². The van der Waals surface area contributed by atoms with Crippen molar-refractivity contribution in [2.75, 3.05) is 13.1 Å². The minimum atomic E-state index is -4.43. The van der Waals surface area contributed by atoms with Crippen LogP contribution in [0.2, 0.25) is 0 Å². The highest BCUT2D eigenvalue weighted by atomic mass is 19.4.